The number of nitrogens with two attached hydrogens (primary N) is 1. The van der Waals surface area contributed by atoms with E-state index in [0.717, 1.165) is 5.56 Å². The van der Waals surface area contributed by atoms with Gasteiger partial charge in [0.25, 0.3) is 0 Å². The minimum atomic E-state index is -3.01. The van der Waals surface area contributed by atoms with E-state index in [0.29, 0.717) is 13.0 Å². The van der Waals surface area contributed by atoms with Gasteiger partial charge in [-0.3, -0.25) is 4.79 Å². The highest BCUT2D eigenvalue weighted by Gasteiger charge is 2.35. The number of benzene rings is 1. The third-order valence-electron chi connectivity index (χ3n) is 3.70. The van der Waals surface area contributed by atoms with Gasteiger partial charge in [0.05, 0.1) is 11.5 Å². The lowest BCUT2D eigenvalue weighted by Crippen LogP contribution is -2.45. The van der Waals surface area contributed by atoms with Crippen molar-refractivity contribution in [2.45, 2.75) is 25.4 Å². The van der Waals surface area contributed by atoms with E-state index in [1.54, 1.807) is 4.90 Å². The van der Waals surface area contributed by atoms with Crippen LogP contribution in [0.15, 0.2) is 30.3 Å². The molecule has 2 rings (SSSR count). The van der Waals surface area contributed by atoms with Gasteiger partial charge in [0, 0.05) is 12.6 Å². The maximum Gasteiger partial charge on any atom is 0.244 e. The van der Waals surface area contributed by atoms with Crippen LogP contribution in [-0.2, 0) is 14.6 Å². The second-order valence-electron chi connectivity index (χ2n) is 5.07. The first-order valence-corrected chi connectivity index (χ1v) is 8.58. The molecule has 0 saturated carbocycles. The minimum absolute atomic E-state index is 0.0497. The summed E-state index contributed by atoms with van der Waals surface area (Å²) in [6, 6.07) is 8.16. The van der Waals surface area contributed by atoms with Crippen LogP contribution in [-0.4, -0.2) is 43.3 Å². The highest BCUT2D eigenvalue weighted by molar-refractivity contribution is 7.91. The molecular weight excluding hydrogens is 276 g/mol. The van der Waals surface area contributed by atoms with E-state index < -0.39 is 15.9 Å². The summed E-state index contributed by atoms with van der Waals surface area (Å²) in [5.41, 5.74) is 6.76. The lowest BCUT2D eigenvalue weighted by Gasteiger charge is -2.29. The molecule has 0 bridgehead atoms. The van der Waals surface area contributed by atoms with Crippen LogP contribution in [0.5, 0.6) is 0 Å². The molecule has 5 nitrogen and oxygen atoms in total. The van der Waals surface area contributed by atoms with E-state index in [1.165, 1.54) is 0 Å². The van der Waals surface area contributed by atoms with Gasteiger partial charge >= 0.3 is 0 Å². The Hall–Kier alpha value is -1.40. The van der Waals surface area contributed by atoms with Crippen molar-refractivity contribution in [2.75, 3.05) is 18.1 Å². The molecule has 1 aliphatic rings. The zero-order valence-corrected chi connectivity index (χ0v) is 12.3. The van der Waals surface area contributed by atoms with Crippen LogP contribution < -0.4 is 5.73 Å². The van der Waals surface area contributed by atoms with E-state index in [2.05, 4.69) is 0 Å². The maximum absolute atomic E-state index is 12.5. The molecule has 1 amide bonds. The molecule has 20 heavy (non-hydrogen) atoms. The summed E-state index contributed by atoms with van der Waals surface area (Å²) in [5, 5.41) is 0. The van der Waals surface area contributed by atoms with Crippen molar-refractivity contribution in [3.05, 3.63) is 35.9 Å². The Morgan fingerprint density at radius 2 is 2.05 bits per heavy atom. The molecule has 6 heteroatoms. The number of hydrogen-bond donors (Lipinski definition) is 1. The van der Waals surface area contributed by atoms with Crippen molar-refractivity contribution in [2.24, 2.45) is 5.73 Å². The first-order chi connectivity index (χ1) is 9.44. The van der Waals surface area contributed by atoms with E-state index in [4.69, 9.17) is 5.73 Å². The predicted octanol–water partition coefficient (Wildman–Crippen LogP) is 0.722. The van der Waals surface area contributed by atoms with Crippen molar-refractivity contribution in [1.82, 2.24) is 4.90 Å². The Bertz CT molecular complexity index is 571. The van der Waals surface area contributed by atoms with Gasteiger partial charge in [-0.25, -0.2) is 8.42 Å². The number of carbonyl (C=O) groups excluding carboxylic acids is 1. The first-order valence-electron chi connectivity index (χ1n) is 6.76. The molecule has 110 valence electrons. The summed E-state index contributed by atoms with van der Waals surface area (Å²) in [5.74, 6) is -0.00312. The number of nitrogens with zero attached hydrogens (tertiary/aromatic N) is 1. The number of carbonyl (C=O) groups is 1. The first kappa shape index (κ1) is 15.0. The Balaban J connectivity index is 2.14. The topological polar surface area (TPSA) is 80.5 Å². The summed E-state index contributed by atoms with van der Waals surface area (Å²) in [6.45, 7) is 2.32. The molecule has 0 spiro atoms. The number of amides is 1. The molecular formula is C14H20N2O3S. The molecule has 2 unspecified atom stereocenters. The van der Waals surface area contributed by atoms with Crippen LogP contribution in [0, 0.1) is 0 Å². The van der Waals surface area contributed by atoms with Gasteiger partial charge in [0.2, 0.25) is 5.91 Å². The summed E-state index contributed by atoms with van der Waals surface area (Å²) >= 11 is 0. The number of rotatable bonds is 4. The molecule has 0 radical (unpaired) electrons. The van der Waals surface area contributed by atoms with Crippen LogP contribution >= 0.6 is 0 Å². The molecule has 1 saturated heterocycles. The third-order valence-corrected chi connectivity index (χ3v) is 5.45. The van der Waals surface area contributed by atoms with Crippen LogP contribution in [0.25, 0.3) is 0 Å². The molecule has 1 aromatic rings. The van der Waals surface area contributed by atoms with Crippen molar-refractivity contribution >= 4 is 15.7 Å². The average Bonchev–Trinajstić information content (AvgIpc) is 2.79. The average molecular weight is 296 g/mol. The van der Waals surface area contributed by atoms with E-state index in [1.807, 2.05) is 37.3 Å². The number of hydrogen-bond acceptors (Lipinski definition) is 4. The molecule has 2 atom stereocenters. The van der Waals surface area contributed by atoms with Gasteiger partial charge in [0.15, 0.2) is 9.84 Å². The summed E-state index contributed by atoms with van der Waals surface area (Å²) in [4.78, 5) is 14.1. The Kier molecular flexibility index (Phi) is 4.45. The van der Waals surface area contributed by atoms with Gasteiger partial charge < -0.3 is 10.6 Å². The lowest BCUT2D eigenvalue weighted by molar-refractivity contribution is -0.134. The Morgan fingerprint density at radius 1 is 1.40 bits per heavy atom. The van der Waals surface area contributed by atoms with Gasteiger partial charge in [-0.2, -0.15) is 0 Å². The van der Waals surface area contributed by atoms with Gasteiger partial charge in [-0.05, 0) is 18.9 Å². The molecule has 2 N–H and O–H groups in total. The highest BCUT2D eigenvalue weighted by Crippen LogP contribution is 2.21. The fourth-order valence-corrected chi connectivity index (χ4v) is 4.33. The molecule has 0 aliphatic carbocycles. The van der Waals surface area contributed by atoms with Crippen molar-refractivity contribution in [3.63, 3.8) is 0 Å². The van der Waals surface area contributed by atoms with Crippen molar-refractivity contribution in [1.29, 1.82) is 0 Å². The summed E-state index contributed by atoms with van der Waals surface area (Å²) < 4.78 is 23.1. The van der Waals surface area contributed by atoms with Crippen LogP contribution in [0.1, 0.15) is 24.9 Å². The standard InChI is InChI=1S/C14H20N2O3S/c1-2-16(12-8-9-20(18,19)10-12)14(17)13(15)11-6-4-3-5-7-11/h3-7,12-13H,2,8-10,15H2,1H3. The van der Waals surface area contributed by atoms with Gasteiger partial charge in [-0.1, -0.05) is 30.3 Å². The van der Waals surface area contributed by atoms with E-state index in [9.17, 15) is 13.2 Å². The minimum Gasteiger partial charge on any atom is -0.337 e. The third kappa shape index (κ3) is 3.19. The van der Waals surface area contributed by atoms with Crippen molar-refractivity contribution < 1.29 is 13.2 Å². The lowest BCUT2D eigenvalue weighted by atomic mass is 10.1. The van der Waals surface area contributed by atoms with Crippen LogP contribution in [0.4, 0.5) is 0 Å². The van der Waals surface area contributed by atoms with E-state index in [-0.39, 0.29) is 23.5 Å². The normalized spacial score (nSPS) is 22.4. The number of sulfone groups is 1. The maximum atomic E-state index is 12.5. The second kappa shape index (κ2) is 5.93. The molecule has 1 aromatic carbocycles. The van der Waals surface area contributed by atoms with Crippen LogP contribution in [0.3, 0.4) is 0 Å². The second-order valence-corrected chi connectivity index (χ2v) is 7.30. The van der Waals surface area contributed by atoms with Crippen molar-refractivity contribution in [3.8, 4) is 0 Å². The summed E-state index contributed by atoms with van der Waals surface area (Å²) in [6.07, 6.45) is 0.503. The molecule has 1 fully saturated rings. The highest BCUT2D eigenvalue weighted by atomic mass is 32.2. The smallest absolute Gasteiger partial charge is 0.244 e. The Labute approximate surface area is 119 Å². The predicted molar refractivity (Wildman–Crippen MR) is 77.8 cm³/mol. The SMILES string of the molecule is CCN(C(=O)C(N)c1ccccc1)C1CCS(=O)(=O)C1. The molecule has 1 aliphatic heterocycles. The largest absolute Gasteiger partial charge is 0.337 e. The number of likely N-dealkylation sites (N-methyl/N-ethyl adjacent to an activating group) is 1. The van der Waals surface area contributed by atoms with E-state index >= 15 is 0 Å². The fourth-order valence-electron chi connectivity index (χ4n) is 2.60. The fraction of sp³-hybridized carbons (Fsp3) is 0.500. The Morgan fingerprint density at radius 3 is 2.55 bits per heavy atom. The van der Waals surface area contributed by atoms with Gasteiger partial charge in [-0.15, -0.1) is 0 Å². The zero-order valence-electron chi connectivity index (χ0n) is 11.5. The monoisotopic (exact) mass is 296 g/mol. The van der Waals surface area contributed by atoms with Gasteiger partial charge in [0.1, 0.15) is 6.04 Å². The van der Waals surface area contributed by atoms with Crippen LogP contribution in [0.2, 0.25) is 0 Å². The molecule has 1 heterocycles. The zero-order chi connectivity index (χ0) is 14.8. The molecule has 0 aromatic heterocycles. The summed E-state index contributed by atoms with van der Waals surface area (Å²) in [7, 11) is -3.01. The quantitative estimate of drug-likeness (QED) is 0.888.